The van der Waals surface area contributed by atoms with Crippen molar-refractivity contribution < 1.29 is 9.59 Å². The first-order valence-electron chi connectivity index (χ1n) is 8.46. The highest BCUT2D eigenvalue weighted by Gasteiger charge is 2.16. The highest BCUT2D eigenvalue weighted by atomic mass is 16.2. The highest BCUT2D eigenvalue weighted by Crippen LogP contribution is 2.28. The molecule has 1 heterocycles. The number of nitrogens with one attached hydrogen (secondary N) is 2. The van der Waals surface area contributed by atoms with Gasteiger partial charge in [0.1, 0.15) is 0 Å². The first-order chi connectivity index (χ1) is 11.2. The maximum Gasteiger partial charge on any atom is 0.240 e. The molecule has 0 bridgehead atoms. The number of benzene rings is 1. The van der Waals surface area contributed by atoms with Gasteiger partial charge in [0.2, 0.25) is 11.8 Å². The number of anilines is 1. The fourth-order valence-electron chi connectivity index (χ4n) is 3.29. The Balaban J connectivity index is 1.50. The molecule has 0 unspecified atom stereocenters. The Kier molecular flexibility index (Phi) is 5.05. The van der Waals surface area contributed by atoms with Crippen LogP contribution in [-0.2, 0) is 9.59 Å². The smallest absolute Gasteiger partial charge is 0.240 e. The molecule has 1 fully saturated rings. The van der Waals surface area contributed by atoms with Crippen LogP contribution in [0.2, 0.25) is 0 Å². The summed E-state index contributed by atoms with van der Waals surface area (Å²) < 4.78 is 0. The van der Waals surface area contributed by atoms with Crippen molar-refractivity contribution in [3.05, 3.63) is 29.8 Å². The van der Waals surface area contributed by atoms with Crippen LogP contribution in [0, 0.1) is 5.92 Å². The molecule has 1 aliphatic heterocycles. The van der Waals surface area contributed by atoms with Crippen LogP contribution in [0.5, 0.6) is 0 Å². The fraction of sp³-hybridized carbons (Fsp3) is 0.500. The van der Waals surface area contributed by atoms with Crippen LogP contribution < -0.4 is 10.7 Å². The SMILES string of the molecule is O=C1CCC(c2ccc(NC(=O)CCC3CCCC3)cc2)=NN1. The number of hydrogen-bond donors (Lipinski definition) is 2. The zero-order valence-corrected chi connectivity index (χ0v) is 13.3. The molecule has 5 nitrogen and oxygen atoms in total. The van der Waals surface area contributed by atoms with E-state index < -0.39 is 0 Å². The van der Waals surface area contributed by atoms with Gasteiger partial charge in [0.15, 0.2) is 0 Å². The van der Waals surface area contributed by atoms with Crippen molar-refractivity contribution in [3.63, 3.8) is 0 Å². The average molecular weight is 313 g/mol. The van der Waals surface area contributed by atoms with Crippen molar-refractivity contribution >= 4 is 23.2 Å². The summed E-state index contributed by atoms with van der Waals surface area (Å²) in [5.74, 6) is 0.787. The lowest BCUT2D eigenvalue weighted by atomic mass is 10.0. The van der Waals surface area contributed by atoms with E-state index in [1.165, 1.54) is 25.7 Å². The second-order valence-electron chi connectivity index (χ2n) is 6.41. The Labute approximate surface area is 136 Å². The number of nitrogens with zero attached hydrogens (tertiary/aromatic N) is 1. The normalized spacial score (nSPS) is 18.4. The van der Waals surface area contributed by atoms with Crippen LogP contribution in [0.25, 0.3) is 0 Å². The van der Waals surface area contributed by atoms with Crippen molar-refractivity contribution in [3.8, 4) is 0 Å². The molecule has 2 N–H and O–H groups in total. The first kappa shape index (κ1) is 15.7. The Morgan fingerprint density at radius 1 is 1.17 bits per heavy atom. The lowest BCUT2D eigenvalue weighted by Crippen LogP contribution is -2.25. The van der Waals surface area contributed by atoms with E-state index in [-0.39, 0.29) is 11.8 Å². The van der Waals surface area contributed by atoms with E-state index in [0.717, 1.165) is 29.3 Å². The molecule has 1 aromatic rings. The minimum Gasteiger partial charge on any atom is -0.326 e. The second-order valence-corrected chi connectivity index (χ2v) is 6.41. The number of rotatable bonds is 5. The molecule has 5 heteroatoms. The van der Waals surface area contributed by atoms with E-state index in [0.29, 0.717) is 19.3 Å². The van der Waals surface area contributed by atoms with Gasteiger partial charge in [-0.25, -0.2) is 5.43 Å². The zero-order valence-electron chi connectivity index (χ0n) is 13.3. The highest BCUT2D eigenvalue weighted by molar-refractivity contribution is 6.04. The predicted molar refractivity (Wildman–Crippen MR) is 90.2 cm³/mol. The Hall–Kier alpha value is -2.17. The van der Waals surface area contributed by atoms with Crippen LogP contribution in [0.4, 0.5) is 5.69 Å². The van der Waals surface area contributed by atoms with Gasteiger partial charge >= 0.3 is 0 Å². The Morgan fingerprint density at radius 3 is 2.57 bits per heavy atom. The van der Waals surface area contributed by atoms with E-state index in [9.17, 15) is 9.59 Å². The Morgan fingerprint density at radius 2 is 1.91 bits per heavy atom. The summed E-state index contributed by atoms with van der Waals surface area (Å²) in [6.45, 7) is 0. The van der Waals surface area contributed by atoms with Crippen molar-refractivity contribution in [2.75, 3.05) is 5.32 Å². The fourth-order valence-corrected chi connectivity index (χ4v) is 3.29. The number of carbonyl (C=O) groups is 2. The van der Waals surface area contributed by atoms with Crippen LogP contribution in [0.15, 0.2) is 29.4 Å². The van der Waals surface area contributed by atoms with Crippen molar-refractivity contribution in [2.24, 2.45) is 11.0 Å². The van der Waals surface area contributed by atoms with Crippen molar-refractivity contribution in [1.29, 1.82) is 0 Å². The summed E-state index contributed by atoms with van der Waals surface area (Å²) in [6, 6.07) is 7.65. The minimum atomic E-state index is -0.0418. The third kappa shape index (κ3) is 4.41. The third-order valence-corrected chi connectivity index (χ3v) is 4.66. The molecular weight excluding hydrogens is 290 g/mol. The molecular formula is C18H23N3O2. The standard InChI is InChI=1S/C18H23N3O2/c22-17(11-5-13-3-1-2-4-13)19-15-8-6-14(7-9-15)16-10-12-18(23)21-20-16/h6-9,13H,1-5,10-12H2,(H,19,22)(H,21,23). The van der Waals surface area contributed by atoms with Crippen LogP contribution in [0.3, 0.4) is 0 Å². The monoisotopic (exact) mass is 313 g/mol. The van der Waals surface area contributed by atoms with Gasteiger partial charge < -0.3 is 5.32 Å². The van der Waals surface area contributed by atoms with Gasteiger partial charge in [-0.05, 0) is 30.0 Å². The average Bonchev–Trinajstić information content (AvgIpc) is 3.08. The van der Waals surface area contributed by atoms with E-state index >= 15 is 0 Å². The molecule has 0 radical (unpaired) electrons. The van der Waals surface area contributed by atoms with Gasteiger partial charge in [-0.15, -0.1) is 0 Å². The van der Waals surface area contributed by atoms with Crippen molar-refractivity contribution in [2.45, 2.75) is 51.4 Å². The summed E-state index contributed by atoms with van der Waals surface area (Å²) in [6.07, 6.45) is 7.92. The van der Waals surface area contributed by atoms with E-state index in [2.05, 4.69) is 15.8 Å². The van der Waals surface area contributed by atoms with E-state index in [1.54, 1.807) is 0 Å². The first-order valence-corrected chi connectivity index (χ1v) is 8.46. The molecule has 122 valence electrons. The molecule has 0 atom stereocenters. The van der Waals surface area contributed by atoms with Gasteiger partial charge in [-0.1, -0.05) is 37.8 Å². The van der Waals surface area contributed by atoms with Gasteiger partial charge in [0, 0.05) is 24.9 Å². The van der Waals surface area contributed by atoms with Crippen LogP contribution in [-0.4, -0.2) is 17.5 Å². The van der Waals surface area contributed by atoms with E-state index in [1.807, 2.05) is 24.3 Å². The van der Waals surface area contributed by atoms with Crippen LogP contribution in [0.1, 0.15) is 56.9 Å². The molecule has 2 amide bonds. The van der Waals surface area contributed by atoms with Gasteiger partial charge in [0.25, 0.3) is 0 Å². The number of hydrogen-bond acceptors (Lipinski definition) is 3. The summed E-state index contributed by atoms with van der Waals surface area (Å²) >= 11 is 0. The minimum absolute atomic E-state index is 0.0418. The van der Waals surface area contributed by atoms with E-state index in [4.69, 9.17) is 0 Å². The largest absolute Gasteiger partial charge is 0.326 e. The molecule has 0 saturated heterocycles. The maximum absolute atomic E-state index is 12.0. The molecule has 1 aliphatic carbocycles. The number of carbonyl (C=O) groups excluding carboxylic acids is 2. The lowest BCUT2D eigenvalue weighted by Gasteiger charge is -2.13. The predicted octanol–water partition coefficient (Wildman–Crippen LogP) is 3.21. The third-order valence-electron chi connectivity index (χ3n) is 4.66. The number of hydrazone groups is 1. The molecule has 2 aliphatic rings. The Bertz CT molecular complexity index is 601. The summed E-state index contributed by atoms with van der Waals surface area (Å²) in [4.78, 5) is 23.1. The molecule has 0 aromatic heterocycles. The molecule has 0 spiro atoms. The zero-order chi connectivity index (χ0) is 16.1. The summed E-state index contributed by atoms with van der Waals surface area (Å²) in [5.41, 5.74) is 5.17. The summed E-state index contributed by atoms with van der Waals surface area (Å²) in [5, 5.41) is 7.03. The summed E-state index contributed by atoms with van der Waals surface area (Å²) in [7, 11) is 0. The molecule has 3 rings (SSSR count). The molecule has 23 heavy (non-hydrogen) atoms. The topological polar surface area (TPSA) is 70.6 Å². The second kappa shape index (κ2) is 7.40. The molecule has 1 saturated carbocycles. The van der Waals surface area contributed by atoms with Crippen molar-refractivity contribution in [1.82, 2.24) is 5.43 Å². The maximum atomic E-state index is 12.0. The number of amides is 2. The molecule has 1 aromatic carbocycles. The van der Waals surface area contributed by atoms with Crippen LogP contribution >= 0.6 is 0 Å². The van der Waals surface area contributed by atoms with Gasteiger partial charge in [0.05, 0.1) is 5.71 Å². The van der Waals surface area contributed by atoms with Gasteiger partial charge in [-0.3, -0.25) is 9.59 Å². The van der Waals surface area contributed by atoms with Gasteiger partial charge in [-0.2, -0.15) is 5.10 Å². The quantitative estimate of drug-likeness (QED) is 0.876. The lowest BCUT2D eigenvalue weighted by molar-refractivity contribution is -0.121.